The molecule has 0 spiro atoms. The van der Waals surface area contributed by atoms with E-state index in [0.717, 1.165) is 6.07 Å². The smallest absolute Gasteiger partial charge is 0.346 e. The van der Waals surface area contributed by atoms with Crippen LogP contribution in [0.4, 0.5) is 4.39 Å². The van der Waals surface area contributed by atoms with E-state index >= 15 is 0 Å². The molecule has 1 aromatic heterocycles. The van der Waals surface area contributed by atoms with Crippen molar-refractivity contribution in [3.8, 4) is 0 Å². The summed E-state index contributed by atoms with van der Waals surface area (Å²) in [5.74, 6) is -1.71. The highest BCUT2D eigenvalue weighted by Crippen LogP contribution is 2.21. The Labute approximate surface area is 71.4 Å². The van der Waals surface area contributed by atoms with Gasteiger partial charge in [0.1, 0.15) is 4.88 Å². The van der Waals surface area contributed by atoms with Crippen molar-refractivity contribution in [2.24, 2.45) is 0 Å². The number of carbonyl (C=O) groups is 2. The van der Waals surface area contributed by atoms with Crippen LogP contribution in [0, 0.1) is 5.13 Å². The van der Waals surface area contributed by atoms with Crippen LogP contribution in [0.2, 0.25) is 0 Å². The van der Waals surface area contributed by atoms with Crippen molar-refractivity contribution in [1.82, 2.24) is 0 Å². The number of Topliss-reactive ketones (excluding diaryl/α,β-unsaturated/α-hetero) is 1. The third kappa shape index (κ3) is 1.50. The van der Waals surface area contributed by atoms with Gasteiger partial charge in [-0.05, 0) is 13.0 Å². The predicted octanol–water partition coefficient (Wildman–Crippen LogP) is 1.79. The minimum atomic E-state index is -1.27. The lowest BCUT2D eigenvalue weighted by atomic mass is 10.2. The highest BCUT2D eigenvalue weighted by Gasteiger charge is 2.17. The number of aromatic carboxylic acids is 1. The molecule has 0 fully saturated rings. The summed E-state index contributed by atoms with van der Waals surface area (Å²) in [5, 5.41) is 7.86. The molecule has 0 saturated heterocycles. The highest BCUT2D eigenvalue weighted by molar-refractivity contribution is 7.12. The third-order valence-electron chi connectivity index (χ3n) is 1.28. The lowest BCUT2D eigenvalue weighted by Gasteiger charge is -1.90. The molecular weight excluding hydrogens is 183 g/mol. The number of carbonyl (C=O) groups excluding carboxylic acids is 1. The van der Waals surface area contributed by atoms with E-state index in [1.807, 2.05) is 0 Å². The van der Waals surface area contributed by atoms with Crippen molar-refractivity contribution in [2.45, 2.75) is 6.92 Å². The van der Waals surface area contributed by atoms with Crippen molar-refractivity contribution in [3.63, 3.8) is 0 Å². The van der Waals surface area contributed by atoms with Crippen LogP contribution in [0.3, 0.4) is 0 Å². The molecule has 1 rings (SSSR count). The van der Waals surface area contributed by atoms with Crippen LogP contribution in [-0.4, -0.2) is 16.9 Å². The molecular formula is C7H5FO3S. The Hall–Kier alpha value is -1.23. The zero-order valence-corrected chi connectivity index (χ0v) is 6.94. The summed E-state index contributed by atoms with van der Waals surface area (Å²) >= 11 is 0.464. The molecule has 5 heteroatoms. The van der Waals surface area contributed by atoms with Gasteiger partial charge in [-0.15, -0.1) is 0 Å². The van der Waals surface area contributed by atoms with Crippen LogP contribution in [0.25, 0.3) is 0 Å². The molecule has 0 aliphatic rings. The molecule has 1 aromatic rings. The number of carboxylic acid groups (broad SMARTS) is 1. The van der Waals surface area contributed by atoms with E-state index in [1.54, 1.807) is 0 Å². The van der Waals surface area contributed by atoms with Gasteiger partial charge in [0.15, 0.2) is 10.9 Å². The van der Waals surface area contributed by atoms with E-state index in [2.05, 4.69) is 0 Å². The van der Waals surface area contributed by atoms with Gasteiger partial charge in [-0.1, -0.05) is 11.3 Å². The van der Waals surface area contributed by atoms with E-state index in [9.17, 15) is 14.0 Å². The van der Waals surface area contributed by atoms with E-state index in [4.69, 9.17) is 5.11 Å². The highest BCUT2D eigenvalue weighted by atomic mass is 32.1. The summed E-state index contributed by atoms with van der Waals surface area (Å²) in [6, 6.07) is 0.941. The van der Waals surface area contributed by atoms with E-state index in [0.29, 0.717) is 11.3 Å². The lowest BCUT2D eigenvalue weighted by molar-refractivity contribution is 0.0698. The Morgan fingerprint density at radius 3 is 2.50 bits per heavy atom. The maximum absolute atomic E-state index is 12.5. The molecule has 0 saturated carbocycles. The fourth-order valence-electron chi connectivity index (χ4n) is 0.781. The fourth-order valence-corrected chi connectivity index (χ4v) is 1.55. The van der Waals surface area contributed by atoms with Crippen molar-refractivity contribution in [2.75, 3.05) is 0 Å². The average molecular weight is 188 g/mol. The summed E-state index contributed by atoms with van der Waals surface area (Å²) < 4.78 is 12.5. The average Bonchev–Trinajstić information content (AvgIpc) is 2.31. The third-order valence-corrected chi connectivity index (χ3v) is 2.19. The number of halogens is 1. The Morgan fingerprint density at radius 1 is 1.58 bits per heavy atom. The summed E-state index contributed by atoms with van der Waals surface area (Å²) in [5.41, 5.74) is -0.0648. The molecule has 0 amide bonds. The van der Waals surface area contributed by atoms with Gasteiger partial charge in [0.25, 0.3) is 0 Å². The van der Waals surface area contributed by atoms with Gasteiger partial charge < -0.3 is 5.11 Å². The van der Waals surface area contributed by atoms with Crippen LogP contribution in [-0.2, 0) is 0 Å². The Bertz CT molecular complexity index is 311. The molecule has 0 atom stereocenters. The van der Waals surface area contributed by atoms with Crippen molar-refractivity contribution >= 4 is 23.1 Å². The van der Waals surface area contributed by atoms with Crippen LogP contribution in [0.5, 0.6) is 0 Å². The molecule has 1 N–H and O–H groups in total. The number of rotatable bonds is 2. The van der Waals surface area contributed by atoms with E-state index in [-0.39, 0.29) is 10.4 Å². The van der Waals surface area contributed by atoms with Gasteiger partial charge in [-0.3, -0.25) is 4.79 Å². The first-order valence-electron chi connectivity index (χ1n) is 3.06. The zero-order chi connectivity index (χ0) is 9.30. The van der Waals surface area contributed by atoms with Gasteiger partial charge >= 0.3 is 5.97 Å². The molecule has 64 valence electrons. The van der Waals surface area contributed by atoms with E-state index in [1.165, 1.54) is 6.92 Å². The first-order valence-corrected chi connectivity index (χ1v) is 3.87. The van der Waals surface area contributed by atoms with Gasteiger partial charge in [0.2, 0.25) is 0 Å². The first kappa shape index (κ1) is 8.86. The molecule has 0 aliphatic carbocycles. The maximum Gasteiger partial charge on any atom is 0.346 e. The van der Waals surface area contributed by atoms with Crippen LogP contribution >= 0.6 is 11.3 Å². The molecule has 0 bridgehead atoms. The SMILES string of the molecule is CC(=O)c1cc(F)sc1C(=O)O. The molecule has 1 heterocycles. The Morgan fingerprint density at radius 2 is 2.17 bits per heavy atom. The van der Waals surface area contributed by atoms with Gasteiger partial charge in [-0.2, -0.15) is 4.39 Å². The molecule has 0 aromatic carbocycles. The normalized spacial score (nSPS) is 9.83. The Kier molecular flexibility index (Phi) is 2.23. The van der Waals surface area contributed by atoms with Crippen molar-refractivity contribution in [1.29, 1.82) is 0 Å². The van der Waals surface area contributed by atoms with Gasteiger partial charge in [0.05, 0.1) is 0 Å². The largest absolute Gasteiger partial charge is 0.477 e. The Balaban J connectivity index is 3.26. The minimum absolute atomic E-state index is 0.0648. The fraction of sp³-hybridized carbons (Fsp3) is 0.143. The minimum Gasteiger partial charge on any atom is -0.477 e. The summed E-state index contributed by atoms with van der Waals surface area (Å²) in [6.07, 6.45) is 0. The number of hydrogen-bond donors (Lipinski definition) is 1. The number of hydrogen-bond acceptors (Lipinski definition) is 3. The second-order valence-electron chi connectivity index (χ2n) is 2.15. The van der Waals surface area contributed by atoms with Crippen LogP contribution in [0.1, 0.15) is 27.0 Å². The summed E-state index contributed by atoms with van der Waals surface area (Å²) in [7, 11) is 0. The van der Waals surface area contributed by atoms with Crippen LogP contribution < -0.4 is 0 Å². The van der Waals surface area contributed by atoms with Gasteiger partial charge in [0, 0.05) is 5.56 Å². The monoisotopic (exact) mass is 188 g/mol. The summed E-state index contributed by atoms with van der Waals surface area (Å²) in [4.78, 5) is 21.0. The van der Waals surface area contributed by atoms with E-state index < -0.39 is 16.9 Å². The second-order valence-corrected chi connectivity index (χ2v) is 3.16. The molecule has 3 nitrogen and oxygen atoms in total. The summed E-state index contributed by atoms with van der Waals surface area (Å²) in [6.45, 7) is 1.20. The molecule has 0 aliphatic heterocycles. The molecule has 0 unspecified atom stereocenters. The number of ketones is 1. The van der Waals surface area contributed by atoms with Crippen molar-refractivity contribution < 1.29 is 19.1 Å². The standard InChI is InChI=1S/C7H5FO3S/c1-3(9)4-2-5(8)12-6(4)7(10)11/h2H,1H3,(H,10,11). The maximum atomic E-state index is 12.5. The topological polar surface area (TPSA) is 54.4 Å². The lowest BCUT2D eigenvalue weighted by Crippen LogP contribution is -2.00. The first-order chi connectivity index (χ1) is 5.52. The number of carboxylic acids is 1. The predicted molar refractivity (Wildman–Crippen MR) is 41.2 cm³/mol. The number of thiophene rings is 1. The molecule has 12 heavy (non-hydrogen) atoms. The second kappa shape index (κ2) is 3.02. The molecule has 0 radical (unpaired) electrons. The van der Waals surface area contributed by atoms with Gasteiger partial charge in [-0.25, -0.2) is 4.79 Å². The van der Waals surface area contributed by atoms with Crippen molar-refractivity contribution in [3.05, 3.63) is 21.6 Å². The van der Waals surface area contributed by atoms with Crippen LogP contribution in [0.15, 0.2) is 6.07 Å². The quantitative estimate of drug-likeness (QED) is 0.720. The zero-order valence-electron chi connectivity index (χ0n) is 6.13.